The zero-order valence-electron chi connectivity index (χ0n) is 10.3. The summed E-state index contributed by atoms with van der Waals surface area (Å²) in [5.74, 6) is 0.739. The number of ether oxygens (including phenoxy) is 1. The van der Waals surface area contributed by atoms with Crippen molar-refractivity contribution in [3.63, 3.8) is 0 Å². The molecule has 1 rings (SSSR count). The molecule has 1 aromatic rings. The normalized spacial score (nSPS) is 10.4. The Labute approximate surface area is 115 Å². The monoisotopic (exact) mass is 348 g/mol. The lowest BCUT2D eigenvalue weighted by Crippen LogP contribution is -2.31. The van der Waals surface area contributed by atoms with Crippen molar-refractivity contribution < 1.29 is 9.53 Å². The minimum absolute atomic E-state index is 0.0487. The summed E-state index contributed by atoms with van der Waals surface area (Å²) in [7, 11) is 5.57. The second-order valence-corrected chi connectivity index (χ2v) is 5.07. The molecule has 0 heterocycles. The summed E-state index contributed by atoms with van der Waals surface area (Å²) in [6.45, 7) is 1.48. The van der Waals surface area contributed by atoms with E-state index >= 15 is 0 Å². The molecule has 0 aliphatic rings. The summed E-state index contributed by atoms with van der Waals surface area (Å²) in [5, 5.41) is 2.87. The van der Waals surface area contributed by atoms with E-state index in [2.05, 4.69) is 27.9 Å². The number of benzene rings is 1. The van der Waals surface area contributed by atoms with Crippen molar-refractivity contribution in [2.75, 3.05) is 34.3 Å². The molecular formula is C12H17IN2O2. The van der Waals surface area contributed by atoms with Gasteiger partial charge in [-0.15, -0.1) is 0 Å². The zero-order chi connectivity index (χ0) is 12.8. The van der Waals surface area contributed by atoms with E-state index in [9.17, 15) is 4.79 Å². The number of hydrogen-bond acceptors (Lipinski definition) is 3. The van der Waals surface area contributed by atoms with Gasteiger partial charge < -0.3 is 15.0 Å². The average Bonchev–Trinajstić information content (AvgIpc) is 2.28. The highest BCUT2D eigenvalue weighted by Crippen LogP contribution is 2.21. The predicted molar refractivity (Wildman–Crippen MR) is 76.6 cm³/mol. The summed E-state index contributed by atoms with van der Waals surface area (Å²) in [6.07, 6.45) is 0. The van der Waals surface area contributed by atoms with Crippen molar-refractivity contribution in [2.24, 2.45) is 0 Å². The molecule has 94 valence electrons. The van der Waals surface area contributed by atoms with Crippen LogP contribution < -0.4 is 10.1 Å². The number of amides is 1. The number of halogens is 1. The van der Waals surface area contributed by atoms with E-state index in [1.165, 1.54) is 0 Å². The first-order valence-corrected chi connectivity index (χ1v) is 6.39. The first-order chi connectivity index (χ1) is 8.04. The molecule has 0 unspecified atom stereocenters. The van der Waals surface area contributed by atoms with Crippen LogP contribution in [0.25, 0.3) is 0 Å². The Morgan fingerprint density at radius 3 is 2.71 bits per heavy atom. The molecule has 0 spiro atoms. The van der Waals surface area contributed by atoms with E-state index in [1.54, 1.807) is 13.2 Å². The van der Waals surface area contributed by atoms with Crippen LogP contribution in [-0.2, 0) is 0 Å². The van der Waals surface area contributed by atoms with Crippen LogP contribution in [0.2, 0.25) is 0 Å². The van der Waals surface area contributed by atoms with E-state index in [-0.39, 0.29) is 5.91 Å². The Hall–Kier alpha value is -0.820. The lowest BCUT2D eigenvalue weighted by Gasteiger charge is -2.11. The highest BCUT2D eigenvalue weighted by atomic mass is 127. The molecule has 0 saturated heterocycles. The van der Waals surface area contributed by atoms with Gasteiger partial charge in [-0.05, 0) is 54.9 Å². The Bertz CT molecular complexity index is 394. The number of hydrogen-bond donors (Lipinski definition) is 1. The summed E-state index contributed by atoms with van der Waals surface area (Å²) in [4.78, 5) is 13.8. The van der Waals surface area contributed by atoms with E-state index < -0.39 is 0 Å². The first-order valence-electron chi connectivity index (χ1n) is 5.31. The van der Waals surface area contributed by atoms with E-state index in [1.807, 2.05) is 31.1 Å². The predicted octanol–water partition coefficient (Wildman–Crippen LogP) is 1.59. The quantitative estimate of drug-likeness (QED) is 0.822. The fraction of sp³-hybridized carbons (Fsp3) is 0.417. The van der Waals surface area contributed by atoms with Crippen molar-refractivity contribution in [3.8, 4) is 5.75 Å². The van der Waals surface area contributed by atoms with Crippen LogP contribution in [0.1, 0.15) is 10.4 Å². The second kappa shape index (κ2) is 6.80. The molecule has 0 saturated carbocycles. The lowest BCUT2D eigenvalue weighted by molar-refractivity contribution is 0.0951. The average molecular weight is 348 g/mol. The SMILES string of the molecule is COc1ccc(C(=O)NCCN(C)C)cc1I. The molecule has 1 aromatic carbocycles. The molecular weight excluding hydrogens is 331 g/mol. The van der Waals surface area contributed by atoms with Gasteiger partial charge in [-0.3, -0.25) is 4.79 Å². The number of carbonyl (C=O) groups is 1. The molecule has 0 aromatic heterocycles. The summed E-state index contributed by atoms with van der Waals surface area (Å²) < 4.78 is 6.08. The molecule has 0 fully saturated rings. The first kappa shape index (κ1) is 14.2. The van der Waals surface area contributed by atoms with Crippen LogP contribution >= 0.6 is 22.6 Å². The van der Waals surface area contributed by atoms with Gasteiger partial charge in [0.15, 0.2) is 0 Å². The van der Waals surface area contributed by atoms with Gasteiger partial charge in [0, 0.05) is 18.7 Å². The molecule has 1 N–H and O–H groups in total. The molecule has 0 aliphatic carbocycles. The Morgan fingerprint density at radius 2 is 2.18 bits per heavy atom. The summed E-state index contributed by atoms with van der Waals surface area (Å²) in [6, 6.07) is 5.40. The van der Waals surface area contributed by atoms with Gasteiger partial charge in [-0.2, -0.15) is 0 Å². The third-order valence-electron chi connectivity index (χ3n) is 2.26. The smallest absolute Gasteiger partial charge is 0.251 e. The van der Waals surface area contributed by atoms with Crippen LogP contribution in [0, 0.1) is 3.57 Å². The molecule has 0 bridgehead atoms. The molecule has 0 radical (unpaired) electrons. The molecule has 1 amide bonds. The number of nitrogens with zero attached hydrogens (tertiary/aromatic N) is 1. The minimum atomic E-state index is -0.0487. The summed E-state index contributed by atoms with van der Waals surface area (Å²) in [5.41, 5.74) is 0.661. The number of methoxy groups -OCH3 is 1. The molecule has 17 heavy (non-hydrogen) atoms. The highest BCUT2D eigenvalue weighted by molar-refractivity contribution is 14.1. The van der Waals surface area contributed by atoms with E-state index in [4.69, 9.17) is 4.74 Å². The number of carbonyl (C=O) groups excluding carboxylic acids is 1. The van der Waals surface area contributed by atoms with E-state index in [0.717, 1.165) is 15.9 Å². The number of rotatable bonds is 5. The fourth-order valence-electron chi connectivity index (χ4n) is 1.30. The second-order valence-electron chi connectivity index (χ2n) is 3.91. The van der Waals surface area contributed by atoms with Crippen molar-refractivity contribution in [1.29, 1.82) is 0 Å². The van der Waals surface area contributed by atoms with E-state index in [0.29, 0.717) is 12.1 Å². The third-order valence-corrected chi connectivity index (χ3v) is 3.10. The van der Waals surface area contributed by atoms with Crippen molar-refractivity contribution in [1.82, 2.24) is 10.2 Å². The van der Waals surface area contributed by atoms with Crippen molar-refractivity contribution in [2.45, 2.75) is 0 Å². The van der Waals surface area contributed by atoms with Gasteiger partial charge in [0.2, 0.25) is 0 Å². The standard InChI is InChI=1S/C12H17IN2O2/c1-15(2)7-6-14-12(16)9-4-5-11(17-3)10(13)8-9/h4-5,8H,6-7H2,1-3H3,(H,14,16). The van der Waals surface area contributed by atoms with Crippen LogP contribution in [0.5, 0.6) is 5.75 Å². The maximum Gasteiger partial charge on any atom is 0.251 e. The van der Waals surface area contributed by atoms with Gasteiger partial charge in [0.05, 0.1) is 10.7 Å². The van der Waals surface area contributed by atoms with Crippen molar-refractivity contribution in [3.05, 3.63) is 27.3 Å². The molecule has 0 aliphatic heterocycles. The maximum atomic E-state index is 11.8. The topological polar surface area (TPSA) is 41.6 Å². The van der Waals surface area contributed by atoms with Gasteiger partial charge in [0.25, 0.3) is 5.91 Å². The molecule has 5 heteroatoms. The Morgan fingerprint density at radius 1 is 1.47 bits per heavy atom. The van der Waals surface area contributed by atoms with Gasteiger partial charge in [0.1, 0.15) is 5.75 Å². The van der Waals surface area contributed by atoms with Crippen LogP contribution in [0.15, 0.2) is 18.2 Å². The van der Waals surface area contributed by atoms with Crippen LogP contribution in [0.4, 0.5) is 0 Å². The zero-order valence-corrected chi connectivity index (χ0v) is 12.4. The largest absolute Gasteiger partial charge is 0.496 e. The van der Waals surface area contributed by atoms with Crippen molar-refractivity contribution >= 4 is 28.5 Å². The third kappa shape index (κ3) is 4.51. The molecule has 0 atom stereocenters. The van der Waals surface area contributed by atoms with Gasteiger partial charge in [-0.25, -0.2) is 0 Å². The highest BCUT2D eigenvalue weighted by Gasteiger charge is 2.08. The van der Waals surface area contributed by atoms with Crippen LogP contribution in [-0.4, -0.2) is 45.1 Å². The summed E-state index contributed by atoms with van der Waals surface area (Å²) >= 11 is 2.15. The van der Waals surface area contributed by atoms with Gasteiger partial charge in [-0.1, -0.05) is 0 Å². The fourth-order valence-corrected chi connectivity index (χ4v) is 2.04. The van der Waals surface area contributed by atoms with Gasteiger partial charge >= 0.3 is 0 Å². The lowest BCUT2D eigenvalue weighted by atomic mass is 10.2. The minimum Gasteiger partial charge on any atom is -0.496 e. The number of likely N-dealkylation sites (N-methyl/N-ethyl adjacent to an activating group) is 1. The number of nitrogens with one attached hydrogen (secondary N) is 1. The Balaban J connectivity index is 2.60. The van der Waals surface area contributed by atoms with Crippen LogP contribution in [0.3, 0.4) is 0 Å². The Kier molecular flexibility index (Phi) is 5.70. The molecule has 4 nitrogen and oxygen atoms in total. The maximum absolute atomic E-state index is 11.8.